The van der Waals surface area contributed by atoms with Gasteiger partial charge in [-0.1, -0.05) is 34.1 Å². The second-order valence-corrected chi connectivity index (χ2v) is 8.30. The summed E-state index contributed by atoms with van der Waals surface area (Å²) in [4.78, 5) is 0. The van der Waals surface area contributed by atoms with Crippen LogP contribution in [0.4, 0.5) is 0 Å². The van der Waals surface area contributed by atoms with Crippen molar-refractivity contribution in [2.45, 2.75) is 71.9 Å². The lowest BCUT2D eigenvalue weighted by molar-refractivity contribution is 0.211. The Bertz CT molecular complexity index is 239. The van der Waals surface area contributed by atoms with Gasteiger partial charge < -0.3 is 0 Å². The third-order valence-corrected chi connectivity index (χ3v) is 4.84. The summed E-state index contributed by atoms with van der Waals surface area (Å²) in [5.41, 5.74) is 0.666. The molecule has 1 rings (SSSR count). The van der Waals surface area contributed by atoms with Crippen molar-refractivity contribution in [3.05, 3.63) is 0 Å². The minimum absolute atomic E-state index is 0.333. The topological polar surface area (TPSA) is 26.3 Å². The summed E-state index contributed by atoms with van der Waals surface area (Å²) < 4.78 is 17.6. The second kappa shape index (κ2) is 6.85. The average molecular weight is 259 g/mol. The minimum atomic E-state index is -1.42. The molecule has 1 saturated carbocycles. The Hall–Kier alpha value is 0.0600. The van der Waals surface area contributed by atoms with Crippen LogP contribution in [0.5, 0.6) is 0 Å². The van der Waals surface area contributed by atoms with Crippen molar-refractivity contribution in [3.63, 3.8) is 0 Å². The fourth-order valence-corrected chi connectivity index (χ4v) is 4.10. The van der Waals surface area contributed by atoms with Gasteiger partial charge in [-0.05, 0) is 48.0 Å². The molecule has 2 atom stereocenters. The summed E-state index contributed by atoms with van der Waals surface area (Å²) in [6.07, 6.45) is 7.09. The van der Waals surface area contributed by atoms with Crippen molar-refractivity contribution in [1.82, 2.24) is 0 Å². The van der Waals surface area contributed by atoms with Gasteiger partial charge in [-0.2, -0.15) is 0 Å². The van der Waals surface area contributed by atoms with Gasteiger partial charge >= 0.3 is 8.03 Å². The third-order valence-electron chi connectivity index (χ3n) is 3.32. The fraction of sp³-hybridized carbons (Fsp3) is 1.00. The normalized spacial score (nSPS) is 21.3. The molecule has 0 bridgehead atoms. The molecule has 1 fully saturated rings. The molecule has 17 heavy (non-hydrogen) atoms. The molecule has 1 aliphatic carbocycles. The van der Waals surface area contributed by atoms with Crippen LogP contribution < -0.4 is 0 Å². The molecule has 0 aromatic heterocycles. The van der Waals surface area contributed by atoms with Gasteiger partial charge in [0.05, 0.1) is 0 Å². The molecule has 0 heterocycles. The van der Waals surface area contributed by atoms with Crippen LogP contribution >= 0.6 is 8.03 Å². The molecule has 0 saturated heterocycles. The maximum absolute atomic E-state index is 12.0. The van der Waals surface area contributed by atoms with Crippen molar-refractivity contribution in [2.75, 3.05) is 6.61 Å². The lowest BCUT2D eigenvalue weighted by atomic mass is 9.86. The van der Waals surface area contributed by atoms with Crippen molar-refractivity contribution in [1.29, 1.82) is 0 Å². The van der Waals surface area contributed by atoms with E-state index in [4.69, 9.17) is 4.52 Å². The Morgan fingerprint density at radius 3 is 2.35 bits per heavy atom. The minimum Gasteiger partial charge on any atom is -0.146 e. The molecular weight excluding hydrogens is 231 g/mol. The maximum Gasteiger partial charge on any atom is 0.511 e. The highest BCUT2D eigenvalue weighted by Crippen LogP contribution is 2.40. The summed E-state index contributed by atoms with van der Waals surface area (Å²) in [7, 11) is -1.42. The summed E-state index contributed by atoms with van der Waals surface area (Å²) in [6.45, 7) is 9.57. The monoisotopic (exact) mass is 259 g/mol. The molecule has 0 N–H and O–H groups in total. The summed E-state index contributed by atoms with van der Waals surface area (Å²) in [5, 5.41) is 0. The van der Waals surface area contributed by atoms with Crippen molar-refractivity contribution >= 4 is 8.03 Å². The van der Waals surface area contributed by atoms with Crippen LogP contribution in [0.2, 0.25) is 0 Å². The first kappa shape index (κ1) is 15.1. The molecule has 0 spiro atoms. The van der Waals surface area contributed by atoms with Gasteiger partial charge in [0.25, 0.3) is 0 Å². The third kappa shape index (κ3) is 6.52. The second-order valence-electron chi connectivity index (χ2n) is 6.74. The molecule has 3 heteroatoms. The van der Waals surface area contributed by atoms with Gasteiger partial charge in [0.1, 0.15) is 6.61 Å². The van der Waals surface area contributed by atoms with Crippen LogP contribution in [0.25, 0.3) is 0 Å². The maximum atomic E-state index is 12.0. The first-order valence-electron chi connectivity index (χ1n) is 6.98. The predicted octanol–water partition coefficient (Wildman–Crippen LogP) is 5.15. The molecule has 0 radical (unpaired) electrons. The largest absolute Gasteiger partial charge is 0.511 e. The molecule has 0 amide bonds. The average Bonchev–Trinajstić information content (AvgIpc) is 2.25. The first-order chi connectivity index (χ1) is 7.88. The Morgan fingerprint density at radius 1 is 1.24 bits per heavy atom. The van der Waals surface area contributed by atoms with E-state index in [0.717, 1.165) is 19.3 Å². The molecule has 2 nitrogen and oxygen atoms in total. The molecule has 0 aromatic carbocycles. The molecule has 0 aliphatic heterocycles. The first-order valence-corrected chi connectivity index (χ1v) is 8.22. The smallest absolute Gasteiger partial charge is 0.146 e. The van der Waals surface area contributed by atoms with Gasteiger partial charge in [-0.3, -0.25) is 0 Å². The molecule has 100 valence electrons. The van der Waals surface area contributed by atoms with E-state index in [1.165, 1.54) is 19.3 Å². The predicted molar refractivity (Wildman–Crippen MR) is 73.7 cm³/mol. The van der Waals surface area contributed by atoms with E-state index in [1.54, 1.807) is 0 Å². The molecular formula is C14H28O2P+. The van der Waals surface area contributed by atoms with Crippen LogP contribution in [-0.2, 0) is 9.09 Å². The number of hydrogen-bond acceptors (Lipinski definition) is 2. The Morgan fingerprint density at radius 2 is 1.82 bits per heavy atom. The Labute approximate surface area is 107 Å². The molecule has 1 aliphatic rings. The van der Waals surface area contributed by atoms with Gasteiger partial charge in [-0.25, -0.2) is 0 Å². The fourth-order valence-electron chi connectivity index (χ4n) is 2.70. The van der Waals surface area contributed by atoms with Gasteiger partial charge in [-0.15, -0.1) is 4.52 Å². The van der Waals surface area contributed by atoms with E-state index >= 15 is 0 Å². The van der Waals surface area contributed by atoms with Gasteiger partial charge in [0, 0.05) is 0 Å². The van der Waals surface area contributed by atoms with E-state index in [-0.39, 0.29) is 0 Å². The van der Waals surface area contributed by atoms with Crippen LogP contribution in [0.3, 0.4) is 0 Å². The van der Waals surface area contributed by atoms with Gasteiger partial charge in [0.2, 0.25) is 0 Å². The highest BCUT2D eigenvalue weighted by molar-refractivity contribution is 7.40. The van der Waals surface area contributed by atoms with E-state index in [9.17, 15) is 4.57 Å². The zero-order chi connectivity index (χ0) is 12.9. The van der Waals surface area contributed by atoms with Crippen LogP contribution in [-0.4, -0.2) is 12.3 Å². The van der Waals surface area contributed by atoms with E-state index < -0.39 is 8.03 Å². The lowest BCUT2D eigenvalue weighted by Gasteiger charge is -2.21. The number of rotatable bonds is 5. The molecule has 2 unspecified atom stereocenters. The van der Waals surface area contributed by atoms with Crippen LogP contribution in [0.15, 0.2) is 0 Å². The van der Waals surface area contributed by atoms with Gasteiger partial charge in [0.15, 0.2) is 5.66 Å². The highest BCUT2D eigenvalue weighted by atomic mass is 31.1. The van der Waals surface area contributed by atoms with E-state index in [1.807, 2.05) is 0 Å². The van der Waals surface area contributed by atoms with Crippen LogP contribution in [0, 0.1) is 11.3 Å². The Balaban J connectivity index is 2.22. The van der Waals surface area contributed by atoms with Crippen molar-refractivity contribution in [2.24, 2.45) is 11.3 Å². The zero-order valence-corrected chi connectivity index (χ0v) is 12.8. The van der Waals surface area contributed by atoms with Crippen molar-refractivity contribution in [3.8, 4) is 0 Å². The lowest BCUT2D eigenvalue weighted by Crippen LogP contribution is -2.15. The van der Waals surface area contributed by atoms with E-state index in [2.05, 4.69) is 27.7 Å². The summed E-state index contributed by atoms with van der Waals surface area (Å²) in [6, 6.07) is 0. The standard InChI is InChI=1S/C14H28O2P/c1-12(10-14(2,3)4)11-16-17(15)13-8-6-5-7-9-13/h12-13H,5-11H2,1-4H3/q+1. The van der Waals surface area contributed by atoms with Crippen molar-refractivity contribution < 1.29 is 9.09 Å². The zero-order valence-electron chi connectivity index (χ0n) is 11.9. The summed E-state index contributed by atoms with van der Waals surface area (Å²) in [5.74, 6) is 0.498. The van der Waals surface area contributed by atoms with Crippen LogP contribution in [0.1, 0.15) is 66.2 Å². The SMILES string of the molecule is CC(CO[P+](=O)C1CCCCC1)CC(C)(C)C. The quantitative estimate of drug-likeness (QED) is 0.638. The highest BCUT2D eigenvalue weighted by Gasteiger charge is 2.34. The Kier molecular flexibility index (Phi) is 6.09. The van der Waals surface area contributed by atoms with E-state index in [0.29, 0.717) is 23.6 Å². The summed E-state index contributed by atoms with van der Waals surface area (Å²) >= 11 is 0. The number of hydrogen-bond donors (Lipinski definition) is 0. The molecule has 0 aromatic rings.